The molecule has 12 nitrogen and oxygen atoms in total. The lowest BCUT2D eigenvalue weighted by atomic mass is 10.1. The first-order chi connectivity index (χ1) is 15.7. The monoisotopic (exact) mass is 478 g/mol. The predicted molar refractivity (Wildman–Crippen MR) is 120 cm³/mol. The summed E-state index contributed by atoms with van der Waals surface area (Å²) in [4.78, 5) is 54.9. The average Bonchev–Trinajstić information content (AvgIpc) is 3.29. The van der Waals surface area contributed by atoms with Gasteiger partial charge in [0.1, 0.15) is 17.8 Å². The van der Waals surface area contributed by atoms with E-state index in [0.717, 1.165) is 0 Å². The van der Waals surface area contributed by atoms with E-state index < -0.39 is 48.4 Å². The third-order valence-electron chi connectivity index (χ3n) is 4.58. The van der Waals surface area contributed by atoms with Crippen LogP contribution < -0.4 is 21.7 Å². The number of aliphatic carboxylic acids is 1. The number of carbonyl (C=O) groups is 4. The van der Waals surface area contributed by atoms with Crippen molar-refractivity contribution in [2.24, 2.45) is 5.73 Å². The van der Waals surface area contributed by atoms with Crippen molar-refractivity contribution in [3.8, 4) is 5.75 Å². The Morgan fingerprint density at radius 3 is 2.33 bits per heavy atom. The van der Waals surface area contributed by atoms with Crippen molar-refractivity contribution in [2.75, 3.05) is 12.3 Å². The molecule has 2 rings (SSSR count). The van der Waals surface area contributed by atoms with E-state index in [9.17, 15) is 29.4 Å². The zero-order valence-electron chi connectivity index (χ0n) is 17.5. The van der Waals surface area contributed by atoms with Gasteiger partial charge in [0.25, 0.3) is 0 Å². The van der Waals surface area contributed by atoms with E-state index in [4.69, 9.17) is 5.73 Å². The molecule has 8 N–H and O–H groups in total. The Morgan fingerprint density at radius 1 is 1.06 bits per heavy atom. The quantitative estimate of drug-likeness (QED) is 0.165. The van der Waals surface area contributed by atoms with Gasteiger partial charge in [-0.1, -0.05) is 12.1 Å². The number of H-pyrrole nitrogens is 1. The van der Waals surface area contributed by atoms with Crippen molar-refractivity contribution in [2.45, 2.75) is 31.0 Å². The number of rotatable bonds is 12. The highest BCUT2D eigenvalue weighted by Crippen LogP contribution is 2.11. The lowest BCUT2D eigenvalue weighted by Crippen LogP contribution is -2.54. The van der Waals surface area contributed by atoms with Gasteiger partial charge in [0.05, 0.1) is 18.9 Å². The number of amides is 3. The van der Waals surface area contributed by atoms with Gasteiger partial charge in [0.15, 0.2) is 0 Å². The van der Waals surface area contributed by atoms with E-state index in [1.54, 1.807) is 0 Å². The number of aromatic hydroxyl groups is 1. The number of nitrogens with one attached hydrogen (secondary N) is 4. The number of carboxylic acids is 1. The van der Waals surface area contributed by atoms with Gasteiger partial charge in [0.2, 0.25) is 17.7 Å². The molecule has 1 aromatic carbocycles. The molecule has 3 unspecified atom stereocenters. The molecule has 0 spiro atoms. The highest BCUT2D eigenvalue weighted by Gasteiger charge is 2.25. The van der Waals surface area contributed by atoms with Crippen LogP contribution in [0.2, 0.25) is 0 Å². The van der Waals surface area contributed by atoms with Gasteiger partial charge in [-0.15, -0.1) is 0 Å². The number of hydrogen-bond acceptors (Lipinski definition) is 8. The van der Waals surface area contributed by atoms with Gasteiger partial charge >= 0.3 is 5.97 Å². The summed E-state index contributed by atoms with van der Waals surface area (Å²) in [7, 11) is 0. The number of aromatic amines is 1. The first-order valence-electron chi connectivity index (χ1n) is 9.91. The van der Waals surface area contributed by atoms with Crippen LogP contribution in [0.3, 0.4) is 0 Å². The maximum absolute atomic E-state index is 12.3. The molecule has 0 aliphatic carbocycles. The zero-order chi connectivity index (χ0) is 24.4. The Kier molecular flexibility index (Phi) is 9.69. The second-order valence-corrected chi connectivity index (χ2v) is 7.54. The largest absolute Gasteiger partial charge is 0.508 e. The van der Waals surface area contributed by atoms with Crippen molar-refractivity contribution in [1.29, 1.82) is 0 Å². The number of phenolic OH excluding ortho intramolecular Hbond substituents is 1. The normalized spacial score (nSPS) is 13.4. The van der Waals surface area contributed by atoms with Crippen LogP contribution in [0.4, 0.5) is 0 Å². The molecule has 0 aliphatic rings. The molecule has 3 atom stereocenters. The van der Waals surface area contributed by atoms with Crippen molar-refractivity contribution < 1.29 is 29.4 Å². The Balaban J connectivity index is 1.83. The maximum Gasteiger partial charge on any atom is 0.326 e. The number of carboxylic acid groups (broad SMARTS) is 1. The van der Waals surface area contributed by atoms with E-state index in [2.05, 4.69) is 38.5 Å². The molecule has 0 aliphatic heterocycles. The van der Waals surface area contributed by atoms with Crippen LogP contribution in [0.1, 0.15) is 11.3 Å². The Labute approximate surface area is 194 Å². The number of phenols is 1. The molecule has 3 amide bonds. The molecule has 0 saturated heterocycles. The van der Waals surface area contributed by atoms with Crippen LogP contribution in [-0.4, -0.2) is 74.3 Å². The molecule has 13 heteroatoms. The molecule has 2 aromatic rings. The van der Waals surface area contributed by atoms with E-state index in [-0.39, 0.29) is 24.3 Å². The van der Waals surface area contributed by atoms with Gasteiger partial charge in [-0.2, -0.15) is 12.6 Å². The minimum atomic E-state index is -1.26. The van der Waals surface area contributed by atoms with Crippen LogP contribution in [0.5, 0.6) is 5.75 Å². The van der Waals surface area contributed by atoms with Crippen molar-refractivity contribution in [3.63, 3.8) is 0 Å². The second kappa shape index (κ2) is 12.5. The van der Waals surface area contributed by atoms with E-state index >= 15 is 0 Å². The van der Waals surface area contributed by atoms with Crippen LogP contribution in [-0.2, 0) is 32.0 Å². The number of imidazole rings is 1. The highest BCUT2D eigenvalue weighted by molar-refractivity contribution is 7.80. The predicted octanol–water partition coefficient (Wildman–Crippen LogP) is -1.67. The number of benzene rings is 1. The number of thiol groups is 1. The summed E-state index contributed by atoms with van der Waals surface area (Å²) < 4.78 is 0. The summed E-state index contributed by atoms with van der Waals surface area (Å²) in [6, 6.07) is 2.67. The molecule has 0 radical (unpaired) electrons. The van der Waals surface area contributed by atoms with E-state index in [1.165, 1.54) is 36.8 Å². The number of nitrogens with zero attached hydrogens (tertiary/aromatic N) is 1. The molecule has 0 saturated carbocycles. The zero-order valence-corrected chi connectivity index (χ0v) is 18.4. The molecule has 0 bridgehead atoms. The summed E-state index contributed by atoms with van der Waals surface area (Å²) in [6.45, 7) is -0.501. The Bertz CT molecular complexity index is 952. The lowest BCUT2D eigenvalue weighted by Gasteiger charge is -2.19. The summed E-state index contributed by atoms with van der Waals surface area (Å²) >= 11 is 4.05. The number of aromatic nitrogens is 2. The van der Waals surface area contributed by atoms with Gasteiger partial charge in [0, 0.05) is 30.5 Å². The minimum Gasteiger partial charge on any atom is -0.508 e. The molecule has 0 fully saturated rings. The van der Waals surface area contributed by atoms with Crippen LogP contribution in [0.25, 0.3) is 0 Å². The van der Waals surface area contributed by atoms with Crippen molar-refractivity contribution in [3.05, 3.63) is 48.0 Å². The fourth-order valence-electron chi connectivity index (χ4n) is 2.80. The third-order valence-corrected chi connectivity index (χ3v) is 4.94. The standard InChI is InChI=1S/C20H26N6O6S/c21-14(6-12-7-22-10-24-12)18(29)26-16(9-33)19(30)23-8-17(28)25-15(20(31)32)5-11-1-3-13(27)4-2-11/h1-4,7,10,14-16,27,33H,5-6,8-9,21H2,(H,22,24)(H,23,30)(H,25,28)(H,26,29)(H,31,32). The Morgan fingerprint density at radius 2 is 1.76 bits per heavy atom. The summed E-state index contributed by atoms with van der Waals surface area (Å²) in [5.74, 6) is -3.25. The van der Waals surface area contributed by atoms with E-state index in [0.29, 0.717) is 11.3 Å². The number of hydrogen-bond donors (Lipinski definition) is 8. The first kappa shape index (κ1) is 25.7. The highest BCUT2D eigenvalue weighted by atomic mass is 32.1. The van der Waals surface area contributed by atoms with Crippen LogP contribution >= 0.6 is 12.6 Å². The number of carbonyl (C=O) groups excluding carboxylic acids is 3. The summed E-state index contributed by atoms with van der Waals surface area (Å²) in [5, 5.41) is 25.8. The SMILES string of the molecule is NC(Cc1cnc[nH]1)C(=O)NC(CS)C(=O)NCC(=O)NC(Cc1ccc(O)cc1)C(=O)O. The average molecular weight is 479 g/mol. The molecular formula is C20H26N6O6S. The molecule has 178 valence electrons. The smallest absolute Gasteiger partial charge is 0.326 e. The second-order valence-electron chi connectivity index (χ2n) is 7.18. The maximum atomic E-state index is 12.3. The minimum absolute atomic E-state index is 0.0150. The molecule has 1 aromatic heterocycles. The topological polar surface area (TPSA) is 200 Å². The number of nitrogens with two attached hydrogens (primary N) is 1. The van der Waals surface area contributed by atoms with Gasteiger partial charge in [-0.3, -0.25) is 14.4 Å². The fourth-order valence-corrected chi connectivity index (χ4v) is 3.06. The van der Waals surface area contributed by atoms with Gasteiger partial charge < -0.3 is 36.9 Å². The van der Waals surface area contributed by atoms with Crippen molar-refractivity contribution >= 4 is 36.3 Å². The van der Waals surface area contributed by atoms with E-state index in [1.807, 2.05) is 0 Å². The summed E-state index contributed by atoms with van der Waals surface area (Å²) in [5.41, 5.74) is 7.08. The van der Waals surface area contributed by atoms with Crippen molar-refractivity contribution in [1.82, 2.24) is 25.9 Å². The first-order valence-corrected chi connectivity index (χ1v) is 10.5. The summed E-state index contributed by atoms with van der Waals surface area (Å²) in [6.07, 6.45) is 3.15. The molecule has 1 heterocycles. The molecular weight excluding hydrogens is 452 g/mol. The lowest BCUT2D eigenvalue weighted by molar-refractivity contribution is -0.141. The molecule has 33 heavy (non-hydrogen) atoms. The van der Waals surface area contributed by atoms with Crippen LogP contribution in [0.15, 0.2) is 36.8 Å². The Hall–Kier alpha value is -3.58. The third kappa shape index (κ3) is 8.46. The van der Waals surface area contributed by atoms with Crippen LogP contribution in [0, 0.1) is 0 Å². The fraction of sp³-hybridized carbons (Fsp3) is 0.350. The van der Waals surface area contributed by atoms with Gasteiger partial charge in [-0.25, -0.2) is 9.78 Å². The van der Waals surface area contributed by atoms with Gasteiger partial charge in [-0.05, 0) is 17.7 Å².